The van der Waals surface area contributed by atoms with Crippen molar-refractivity contribution in [3.63, 3.8) is 0 Å². The van der Waals surface area contributed by atoms with Gasteiger partial charge >= 0.3 is 0 Å². The first-order valence-corrected chi connectivity index (χ1v) is 9.64. The van der Waals surface area contributed by atoms with Gasteiger partial charge in [0, 0.05) is 13.1 Å². The largest absolute Gasteiger partial charge is 0.391 e. The molecule has 0 saturated carbocycles. The minimum absolute atomic E-state index is 0.206. The van der Waals surface area contributed by atoms with Crippen molar-refractivity contribution in [2.24, 2.45) is 0 Å². The number of β-amino-alcohol motifs (C(OH)–C–C–N with tert-alkyl or cyclic N) is 1. The van der Waals surface area contributed by atoms with Crippen molar-refractivity contribution < 1.29 is 14.3 Å². The van der Waals surface area contributed by atoms with Crippen molar-refractivity contribution in [3.8, 4) is 0 Å². The number of carbonyl (C=O) groups excluding carboxylic acids is 1. The summed E-state index contributed by atoms with van der Waals surface area (Å²) in [5.74, 6) is -0.192. The van der Waals surface area contributed by atoms with Crippen LogP contribution in [0.2, 0.25) is 0 Å². The minimum atomic E-state index is -0.486. The van der Waals surface area contributed by atoms with Crippen LogP contribution < -0.4 is 5.32 Å². The lowest BCUT2D eigenvalue weighted by Gasteiger charge is -2.18. The minimum Gasteiger partial charge on any atom is -0.391 e. The highest BCUT2D eigenvalue weighted by Crippen LogP contribution is 2.27. The molecule has 1 saturated heterocycles. The van der Waals surface area contributed by atoms with Crippen molar-refractivity contribution in [2.45, 2.75) is 25.5 Å². The maximum atomic E-state index is 13.5. The molecule has 0 radical (unpaired) electrons. The number of anilines is 1. The number of benzene rings is 1. The Hall–Kier alpha value is -2.58. The molecule has 1 aliphatic rings. The van der Waals surface area contributed by atoms with Gasteiger partial charge in [-0.1, -0.05) is 12.1 Å². The number of aromatic nitrogens is 2. The number of hydrogen-bond acceptors (Lipinski definition) is 6. The van der Waals surface area contributed by atoms with E-state index in [0.29, 0.717) is 36.7 Å². The van der Waals surface area contributed by atoms with Crippen molar-refractivity contribution in [3.05, 3.63) is 52.8 Å². The number of fused-ring (bicyclic) bond motifs is 1. The van der Waals surface area contributed by atoms with Gasteiger partial charge in [0.05, 0.1) is 22.4 Å². The highest BCUT2D eigenvalue weighted by molar-refractivity contribution is 7.17. The molecule has 0 unspecified atom stereocenters. The Morgan fingerprint density at radius 1 is 1.41 bits per heavy atom. The van der Waals surface area contributed by atoms with Crippen molar-refractivity contribution in [2.75, 3.05) is 18.4 Å². The second-order valence-corrected chi connectivity index (χ2v) is 7.56. The fraction of sp³-hybridized carbons (Fsp3) is 0.316. The maximum absolute atomic E-state index is 13.5. The number of nitrogens with one attached hydrogen (secondary N) is 1. The van der Waals surface area contributed by atoms with Crippen LogP contribution in [0.4, 0.5) is 10.3 Å². The Balaban J connectivity index is 1.65. The quantitative estimate of drug-likeness (QED) is 0.720. The first-order chi connectivity index (χ1) is 13.0. The molecule has 3 heterocycles. The molecule has 2 N–H and O–H groups in total. The number of thiophene rings is 1. The lowest BCUT2D eigenvalue weighted by atomic mass is 10.1. The van der Waals surface area contributed by atoms with E-state index < -0.39 is 6.10 Å². The van der Waals surface area contributed by atoms with Crippen molar-refractivity contribution in [1.82, 2.24) is 14.9 Å². The molecular weight excluding hydrogens is 367 g/mol. The fourth-order valence-corrected chi connectivity index (χ4v) is 4.01. The number of amides is 1. The molecule has 27 heavy (non-hydrogen) atoms. The average molecular weight is 386 g/mol. The summed E-state index contributed by atoms with van der Waals surface area (Å²) in [6.07, 6.45) is 0.0896. The van der Waals surface area contributed by atoms with E-state index in [-0.39, 0.29) is 17.8 Å². The predicted octanol–water partition coefficient (Wildman–Crippen LogP) is 3.21. The van der Waals surface area contributed by atoms with Gasteiger partial charge in [-0.15, -0.1) is 11.3 Å². The molecule has 0 spiro atoms. The molecule has 1 amide bonds. The van der Waals surface area contributed by atoms with Gasteiger partial charge in [0.1, 0.15) is 5.82 Å². The Labute approximate surface area is 159 Å². The zero-order valence-electron chi connectivity index (χ0n) is 14.7. The van der Waals surface area contributed by atoms with Gasteiger partial charge in [0.15, 0.2) is 5.69 Å². The van der Waals surface area contributed by atoms with Crippen LogP contribution >= 0.6 is 11.3 Å². The van der Waals surface area contributed by atoms with E-state index in [0.717, 1.165) is 10.3 Å². The SMILES string of the molecule is C[C@H](Nc1nc(C(=O)N2CC[C@@H](O)C2)c2sccc2n1)c1cccc(F)c1. The Bertz CT molecular complexity index is 993. The van der Waals surface area contributed by atoms with Crippen molar-refractivity contribution in [1.29, 1.82) is 0 Å². The standard InChI is InChI=1S/C19H19FN4O2S/c1-11(12-3-2-4-13(20)9-12)21-19-22-15-6-8-27-17(15)16(23-19)18(26)24-7-5-14(25)10-24/h2-4,6,8-9,11,14,25H,5,7,10H2,1H3,(H,21,22,23)/t11-,14+/m0/s1. The van der Waals surface area contributed by atoms with Gasteiger partial charge in [-0.25, -0.2) is 14.4 Å². The first-order valence-electron chi connectivity index (χ1n) is 8.76. The molecule has 140 valence electrons. The van der Waals surface area contributed by atoms with Gasteiger partial charge in [0.2, 0.25) is 5.95 Å². The van der Waals surface area contributed by atoms with Gasteiger partial charge in [-0.3, -0.25) is 4.79 Å². The highest BCUT2D eigenvalue weighted by Gasteiger charge is 2.28. The summed E-state index contributed by atoms with van der Waals surface area (Å²) in [6.45, 7) is 2.71. The average Bonchev–Trinajstić information content (AvgIpc) is 3.29. The number of hydrogen-bond donors (Lipinski definition) is 2. The Morgan fingerprint density at radius 2 is 2.26 bits per heavy atom. The Morgan fingerprint density at radius 3 is 3.00 bits per heavy atom. The van der Waals surface area contributed by atoms with Crippen LogP contribution in [-0.2, 0) is 0 Å². The summed E-state index contributed by atoms with van der Waals surface area (Å²) >= 11 is 1.42. The van der Waals surface area contributed by atoms with E-state index in [1.807, 2.05) is 24.4 Å². The summed E-state index contributed by atoms with van der Waals surface area (Å²) in [7, 11) is 0. The smallest absolute Gasteiger partial charge is 0.274 e. The van der Waals surface area contributed by atoms with E-state index in [9.17, 15) is 14.3 Å². The van der Waals surface area contributed by atoms with Gasteiger partial charge in [-0.05, 0) is 42.5 Å². The third kappa shape index (κ3) is 3.63. The molecule has 1 fully saturated rings. The topological polar surface area (TPSA) is 78.4 Å². The highest BCUT2D eigenvalue weighted by atomic mass is 32.1. The predicted molar refractivity (Wildman–Crippen MR) is 102 cm³/mol. The zero-order valence-corrected chi connectivity index (χ0v) is 15.5. The molecule has 1 aliphatic heterocycles. The maximum Gasteiger partial charge on any atom is 0.274 e. The lowest BCUT2D eigenvalue weighted by molar-refractivity contribution is 0.0761. The molecule has 4 rings (SSSR count). The molecule has 2 aromatic heterocycles. The zero-order chi connectivity index (χ0) is 19.0. The van der Waals surface area contributed by atoms with Crippen LogP contribution in [0.1, 0.15) is 35.4 Å². The molecule has 0 aliphatic carbocycles. The van der Waals surface area contributed by atoms with E-state index in [2.05, 4.69) is 15.3 Å². The second kappa shape index (κ2) is 7.21. The number of halogens is 1. The van der Waals surface area contributed by atoms with Crippen LogP contribution in [0.25, 0.3) is 10.2 Å². The van der Waals surface area contributed by atoms with E-state index in [4.69, 9.17) is 0 Å². The van der Waals surface area contributed by atoms with Crippen LogP contribution in [-0.4, -0.2) is 45.1 Å². The van der Waals surface area contributed by atoms with Crippen LogP contribution in [0.15, 0.2) is 35.7 Å². The number of likely N-dealkylation sites (tertiary alicyclic amines) is 1. The van der Waals surface area contributed by atoms with Crippen LogP contribution in [0, 0.1) is 5.82 Å². The third-order valence-electron chi connectivity index (χ3n) is 4.65. The van der Waals surface area contributed by atoms with E-state index in [1.165, 1.54) is 23.5 Å². The summed E-state index contributed by atoms with van der Waals surface area (Å²) < 4.78 is 14.2. The third-order valence-corrected chi connectivity index (χ3v) is 5.56. The van der Waals surface area contributed by atoms with Gasteiger partial charge < -0.3 is 15.3 Å². The number of carbonyl (C=O) groups is 1. The van der Waals surface area contributed by atoms with Crippen LogP contribution in [0.5, 0.6) is 0 Å². The van der Waals surface area contributed by atoms with Crippen molar-refractivity contribution >= 4 is 33.4 Å². The number of nitrogens with zero attached hydrogens (tertiary/aromatic N) is 3. The monoisotopic (exact) mass is 386 g/mol. The van der Waals surface area contributed by atoms with E-state index in [1.54, 1.807) is 11.0 Å². The number of aliphatic hydroxyl groups excluding tert-OH is 1. The summed E-state index contributed by atoms with van der Waals surface area (Å²) in [4.78, 5) is 23.5. The lowest BCUT2D eigenvalue weighted by Crippen LogP contribution is -2.30. The molecule has 1 aromatic carbocycles. The Kier molecular flexibility index (Phi) is 4.75. The summed E-state index contributed by atoms with van der Waals surface area (Å²) in [5.41, 5.74) is 1.78. The first kappa shape index (κ1) is 17.8. The number of aliphatic hydroxyl groups is 1. The summed E-state index contributed by atoms with van der Waals surface area (Å²) in [6, 6.07) is 7.94. The fourth-order valence-electron chi connectivity index (χ4n) is 3.20. The number of rotatable bonds is 4. The van der Waals surface area contributed by atoms with Crippen LogP contribution in [0.3, 0.4) is 0 Å². The molecule has 0 bridgehead atoms. The van der Waals surface area contributed by atoms with Gasteiger partial charge in [-0.2, -0.15) is 0 Å². The molecule has 8 heteroatoms. The second-order valence-electron chi connectivity index (χ2n) is 6.65. The van der Waals surface area contributed by atoms with E-state index >= 15 is 0 Å². The molecule has 3 aromatic rings. The molecule has 6 nitrogen and oxygen atoms in total. The summed E-state index contributed by atoms with van der Waals surface area (Å²) in [5, 5.41) is 14.8. The normalized spacial score (nSPS) is 18.0. The molecular formula is C19H19FN4O2S. The molecule has 2 atom stereocenters. The van der Waals surface area contributed by atoms with Gasteiger partial charge in [0.25, 0.3) is 5.91 Å².